The van der Waals surface area contributed by atoms with Crippen molar-refractivity contribution in [1.29, 1.82) is 0 Å². The quantitative estimate of drug-likeness (QED) is 0.379. The topological polar surface area (TPSA) is 101 Å². The Kier molecular flexibility index (Phi) is 5.56. The summed E-state index contributed by atoms with van der Waals surface area (Å²) in [6.07, 6.45) is 10.1. The Labute approximate surface area is 222 Å². The minimum absolute atomic E-state index is 0.0771. The van der Waals surface area contributed by atoms with Crippen LogP contribution in [0.15, 0.2) is 54.9 Å². The normalized spacial score (nSPS) is 22.7. The summed E-state index contributed by atoms with van der Waals surface area (Å²) < 4.78 is 1.82. The van der Waals surface area contributed by atoms with E-state index < -0.39 is 0 Å². The van der Waals surface area contributed by atoms with Gasteiger partial charge in [-0.15, -0.1) is 0 Å². The van der Waals surface area contributed by atoms with E-state index in [0.29, 0.717) is 24.2 Å². The maximum atomic E-state index is 12.8. The molecule has 0 radical (unpaired) electrons. The first-order valence-corrected chi connectivity index (χ1v) is 13.9. The molecule has 38 heavy (non-hydrogen) atoms. The summed E-state index contributed by atoms with van der Waals surface area (Å²) in [5.41, 5.74) is 13.9. The predicted octanol–water partition coefficient (Wildman–Crippen LogP) is 5.36. The highest BCUT2D eigenvalue weighted by atomic mass is 16.2. The molecule has 3 aliphatic rings. The molecule has 8 nitrogen and oxygen atoms in total. The number of benzene rings is 1. The molecule has 5 heterocycles. The number of amides is 2. The van der Waals surface area contributed by atoms with Crippen molar-refractivity contribution < 1.29 is 4.79 Å². The molecule has 7 rings (SSSR count). The molecular weight excluding hydrogens is 474 g/mol. The van der Waals surface area contributed by atoms with E-state index in [1.807, 2.05) is 48.1 Å². The Bertz CT molecular complexity index is 1480. The van der Waals surface area contributed by atoms with E-state index in [1.54, 1.807) is 0 Å². The number of carbonyl (C=O) groups is 1. The first-order valence-electron chi connectivity index (χ1n) is 13.9. The standard InChI is InChI=1S/C30H33N7O/c1-2-32-30(38)36-22-11-12-23(36)15-21(14-22)27-26(19-8-9-19)28(31)37-29(35-27)24(17-34-37)20-10-13-25(33-16-20)18-6-4-3-5-7-18/h3-7,10,13,16-17,19,21-23H,2,8-9,11-12,14-15,31H2,1H3,(H,32,38)/t21-,22-,23+. The lowest BCUT2D eigenvalue weighted by Gasteiger charge is -2.39. The van der Waals surface area contributed by atoms with Crippen LogP contribution in [0.25, 0.3) is 28.0 Å². The Balaban J connectivity index is 1.26. The molecule has 1 aliphatic carbocycles. The summed E-state index contributed by atoms with van der Waals surface area (Å²) >= 11 is 0. The maximum absolute atomic E-state index is 12.8. The summed E-state index contributed by atoms with van der Waals surface area (Å²) in [7, 11) is 0. The van der Waals surface area contributed by atoms with Crippen LogP contribution in [0.5, 0.6) is 0 Å². The van der Waals surface area contributed by atoms with Crippen molar-refractivity contribution in [1.82, 2.24) is 29.8 Å². The highest BCUT2D eigenvalue weighted by molar-refractivity contribution is 5.79. The van der Waals surface area contributed by atoms with E-state index in [-0.39, 0.29) is 18.1 Å². The minimum atomic E-state index is 0.0771. The van der Waals surface area contributed by atoms with Gasteiger partial charge in [0, 0.05) is 53.0 Å². The van der Waals surface area contributed by atoms with Gasteiger partial charge in [-0.1, -0.05) is 36.4 Å². The predicted molar refractivity (Wildman–Crippen MR) is 148 cm³/mol. The second kappa shape index (κ2) is 9.11. The number of hydrogen-bond acceptors (Lipinski definition) is 5. The molecule has 0 unspecified atom stereocenters. The summed E-state index contributed by atoms with van der Waals surface area (Å²) in [6, 6.07) is 14.9. The van der Waals surface area contributed by atoms with Gasteiger partial charge in [0.15, 0.2) is 5.65 Å². The van der Waals surface area contributed by atoms with Crippen LogP contribution < -0.4 is 11.1 Å². The van der Waals surface area contributed by atoms with Gasteiger partial charge in [-0.25, -0.2) is 9.78 Å². The van der Waals surface area contributed by atoms with Crippen molar-refractivity contribution in [2.75, 3.05) is 12.3 Å². The molecule has 3 fully saturated rings. The fourth-order valence-electron chi connectivity index (χ4n) is 6.66. The van der Waals surface area contributed by atoms with Crippen LogP contribution in [0.1, 0.15) is 68.5 Å². The number of aromatic nitrogens is 4. The molecule has 3 N–H and O–H groups in total. The van der Waals surface area contributed by atoms with E-state index >= 15 is 0 Å². The van der Waals surface area contributed by atoms with Gasteiger partial charge in [-0.3, -0.25) is 4.98 Å². The van der Waals surface area contributed by atoms with E-state index in [2.05, 4.69) is 33.5 Å². The second-order valence-corrected chi connectivity index (χ2v) is 11.0. The number of hydrogen-bond donors (Lipinski definition) is 2. The smallest absolute Gasteiger partial charge is 0.317 e. The zero-order valence-electron chi connectivity index (χ0n) is 21.7. The number of urea groups is 1. The van der Waals surface area contributed by atoms with Crippen LogP contribution in [0.4, 0.5) is 10.6 Å². The summed E-state index contributed by atoms with van der Waals surface area (Å²) in [4.78, 5) is 24.9. The second-order valence-electron chi connectivity index (χ2n) is 11.0. The first-order chi connectivity index (χ1) is 18.6. The molecule has 0 spiro atoms. The fraction of sp³-hybridized carbons (Fsp3) is 0.400. The third-order valence-electron chi connectivity index (χ3n) is 8.56. The third kappa shape index (κ3) is 3.81. The SMILES string of the molecule is CCNC(=O)N1[C@@H]2CC[C@H]1C[C@H](c1nc3c(-c4ccc(-c5ccccc5)nc4)cnn3c(N)c1C1CC1)C2. The van der Waals surface area contributed by atoms with Gasteiger partial charge in [0.05, 0.1) is 17.6 Å². The van der Waals surface area contributed by atoms with Crippen LogP contribution in [-0.4, -0.2) is 49.1 Å². The van der Waals surface area contributed by atoms with Gasteiger partial charge < -0.3 is 16.0 Å². The zero-order valence-corrected chi connectivity index (χ0v) is 21.7. The van der Waals surface area contributed by atoms with Crippen molar-refractivity contribution in [3.8, 4) is 22.4 Å². The number of nitrogens with one attached hydrogen (secondary N) is 1. The van der Waals surface area contributed by atoms with Gasteiger partial charge in [0.25, 0.3) is 0 Å². The number of nitrogens with zero attached hydrogens (tertiary/aromatic N) is 5. The molecule has 2 saturated heterocycles. The lowest BCUT2D eigenvalue weighted by molar-refractivity contribution is 0.138. The number of rotatable bonds is 5. The molecule has 194 valence electrons. The molecule has 1 saturated carbocycles. The van der Waals surface area contributed by atoms with E-state index in [4.69, 9.17) is 15.7 Å². The molecule has 2 bridgehead atoms. The highest BCUT2D eigenvalue weighted by Gasteiger charge is 2.45. The Morgan fingerprint density at radius 1 is 0.974 bits per heavy atom. The number of nitrogens with two attached hydrogens (primary N) is 1. The van der Waals surface area contributed by atoms with Gasteiger partial charge >= 0.3 is 6.03 Å². The zero-order chi connectivity index (χ0) is 25.8. The largest absolute Gasteiger partial charge is 0.383 e. The minimum Gasteiger partial charge on any atom is -0.383 e. The summed E-state index contributed by atoms with van der Waals surface area (Å²) in [5, 5.41) is 7.68. The van der Waals surface area contributed by atoms with Gasteiger partial charge in [-0.2, -0.15) is 9.61 Å². The highest BCUT2D eigenvalue weighted by Crippen LogP contribution is 2.50. The van der Waals surface area contributed by atoms with Crippen LogP contribution >= 0.6 is 0 Å². The molecular formula is C30H33N7O. The third-order valence-corrected chi connectivity index (χ3v) is 8.56. The lowest BCUT2D eigenvalue weighted by atomic mass is 9.85. The van der Waals surface area contributed by atoms with Gasteiger partial charge in [0.1, 0.15) is 5.82 Å². The van der Waals surface area contributed by atoms with E-state index in [1.165, 1.54) is 5.56 Å². The molecule has 1 aromatic carbocycles. The van der Waals surface area contributed by atoms with Gasteiger partial charge in [-0.05, 0) is 57.4 Å². The van der Waals surface area contributed by atoms with Crippen LogP contribution in [0, 0.1) is 0 Å². The lowest BCUT2D eigenvalue weighted by Crippen LogP contribution is -2.50. The summed E-state index contributed by atoms with van der Waals surface area (Å²) in [5.74, 6) is 1.47. The molecule has 3 aromatic heterocycles. The monoisotopic (exact) mass is 507 g/mol. The van der Waals surface area contributed by atoms with Crippen molar-refractivity contribution in [3.05, 3.63) is 66.1 Å². The molecule has 3 atom stereocenters. The average molecular weight is 508 g/mol. The Morgan fingerprint density at radius 3 is 2.39 bits per heavy atom. The molecule has 4 aromatic rings. The molecule has 2 aliphatic heterocycles. The van der Waals surface area contributed by atoms with Crippen molar-refractivity contribution in [2.24, 2.45) is 0 Å². The average Bonchev–Trinajstić information content (AvgIpc) is 3.63. The van der Waals surface area contributed by atoms with Crippen LogP contribution in [0.2, 0.25) is 0 Å². The van der Waals surface area contributed by atoms with Gasteiger partial charge in [0.2, 0.25) is 0 Å². The molecule has 2 amide bonds. The van der Waals surface area contributed by atoms with Crippen molar-refractivity contribution in [3.63, 3.8) is 0 Å². The van der Waals surface area contributed by atoms with Crippen LogP contribution in [-0.2, 0) is 0 Å². The van der Waals surface area contributed by atoms with Crippen molar-refractivity contribution >= 4 is 17.5 Å². The van der Waals surface area contributed by atoms with E-state index in [0.717, 1.165) is 72.3 Å². The van der Waals surface area contributed by atoms with E-state index in [9.17, 15) is 4.79 Å². The number of piperidine rings is 1. The molecule has 8 heteroatoms. The summed E-state index contributed by atoms with van der Waals surface area (Å²) in [6.45, 7) is 2.63. The number of nitrogen functional groups attached to an aromatic ring is 1. The first kappa shape index (κ1) is 23.2. The maximum Gasteiger partial charge on any atom is 0.317 e. The fourth-order valence-corrected chi connectivity index (χ4v) is 6.66. The Morgan fingerprint density at radius 2 is 1.74 bits per heavy atom. The van der Waals surface area contributed by atoms with Crippen molar-refractivity contribution in [2.45, 2.75) is 69.4 Å². The number of anilines is 1. The Hall–Kier alpha value is -3.94. The number of carbonyl (C=O) groups excluding carboxylic acids is 1. The number of fused-ring (bicyclic) bond motifs is 3. The number of pyridine rings is 1. The van der Waals surface area contributed by atoms with Crippen LogP contribution in [0.3, 0.4) is 0 Å².